The largest absolute Gasteiger partial charge is 0.491 e. The third kappa shape index (κ3) is 4.53. The number of hydrogen-bond acceptors (Lipinski definition) is 5. The van der Waals surface area contributed by atoms with Crippen molar-refractivity contribution in [2.45, 2.75) is 6.92 Å². The number of ether oxygens (including phenoxy) is 2. The van der Waals surface area contributed by atoms with E-state index >= 15 is 0 Å². The number of nitrogens with one attached hydrogen (secondary N) is 1. The van der Waals surface area contributed by atoms with E-state index in [4.69, 9.17) is 9.47 Å². The zero-order chi connectivity index (χ0) is 17.5. The Balaban J connectivity index is 2.09. The number of nitro benzene ring substituents is 1. The third-order valence-corrected chi connectivity index (χ3v) is 3.27. The smallest absolute Gasteiger partial charge is 0.293 e. The van der Waals surface area contributed by atoms with Gasteiger partial charge in [-0.05, 0) is 42.8 Å². The molecule has 0 bridgehead atoms. The van der Waals surface area contributed by atoms with E-state index in [-0.39, 0.29) is 11.4 Å². The molecule has 2 aromatic carbocycles. The van der Waals surface area contributed by atoms with Gasteiger partial charge < -0.3 is 14.8 Å². The van der Waals surface area contributed by atoms with Crippen LogP contribution in [0.1, 0.15) is 15.9 Å². The van der Waals surface area contributed by atoms with Crippen molar-refractivity contribution in [1.29, 1.82) is 0 Å². The highest BCUT2D eigenvalue weighted by molar-refractivity contribution is 6.05. The maximum atomic E-state index is 12.3. The number of aryl methyl sites for hydroxylation is 1. The van der Waals surface area contributed by atoms with E-state index in [1.165, 1.54) is 12.1 Å². The summed E-state index contributed by atoms with van der Waals surface area (Å²) in [5.41, 5.74) is 1.15. The monoisotopic (exact) mass is 330 g/mol. The van der Waals surface area contributed by atoms with Crippen LogP contribution in [-0.2, 0) is 4.74 Å². The lowest BCUT2D eigenvalue weighted by atomic mass is 10.1. The maximum absolute atomic E-state index is 12.3. The van der Waals surface area contributed by atoms with Gasteiger partial charge in [-0.1, -0.05) is 6.07 Å². The molecule has 0 aliphatic heterocycles. The number of amides is 1. The number of methoxy groups -OCH3 is 1. The molecular formula is C17H18N2O5. The van der Waals surface area contributed by atoms with Crippen molar-refractivity contribution in [2.24, 2.45) is 0 Å². The Morgan fingerprint density at radius 3 is 2.50 bits per heavy atom. The number of carbonyl (C=O) groups excluding carboxylic acids is 1. The molecule has 1 N–H and O–H groups in total. The summed E-state index contributed by atoms with van der Waals surface area (Å²) in [7, 11) is 1.58. The van der Waals surface area contributed by atoms with Crippen LogP contribution >= 0.6 is 0 Å². The van der Waals surface area contributed by atoms with Crippen LogP contribution in [0.2, 0.25) is 0 Å². The van der Waals surface area contributed by atoms with Crippen LogP contribution in [0.4, 0.5) is 11.4 Å². The number of anilines is 1. The second kappa shape index (κ2) is 8.07. The molecule has 0 aliphatic carbocycles. The fourth-order valence-corrected chi connectivity index (χ4v) is 2.04. The highest BCUT2D eigenvalue weighted by Crippen LogP contribution is 2.26. The summed E-state index contributed by atoms with van der Waals surface area (Å²) in [5, 5.41) is 13.7. The van der Waals surface area contributed by atoms with Crippen molar-refractivity contribution in [3.05, 3.63) is 63.7 Å². The van der Waals surface area contributed by atoms with Gasteiger partial charge >= 0.3 is 0 Å². The van der Waals surface area contributed by atoms with E-state index in [0.29, 0.717) is 24.5 Å². The van der Waals surface area contributed by atoms with E-state index in [9.17, 15) is 14.9 Å². The first-order chi connectivity index (χ1) is 11.5. The lowest BCUT2D eigenvalue weighted by Gasteiger charge is -2.08. The molecule has 7 nitrogen and oxygen atoms in total. The first-order valence-corrected chi connectivity index (χ1v) is 7.29. The van der Waals surface area contributed by atoms with E-state index in [2.05, 4.69) is 5.32 Å². The summed E-state index contributed by atoms with van der Waals surface area (Å²) in [4.78, 5) is 22.8. The van der Waals surface area contributed by atoms with Crippen LogP contribution in [-0.4, -0.2) is 31.2 Å². The molecule has 126 valence electrons. The van der Waals surface area contributed by atoms with Gasteiger partial charge in [-0.25, -0.2) is 0 Å². The standard InChI is InChI=1S/C17H18N2O5/c1-12-3-8-15(16(11-12)19(21)22)18-17(20)13-4-6-14(7-5-13)24-10-9-23-2/h3-8,11H,9-10H2,1-2H3,(H,18,20). The van der Waals surface area contributed by atoms with Crippen molar-refractivity contribution in [3.8, 4) is 5.75 Å². The lowest BCUT2D eigenvalue weighted by molar-refractivity contribution is -0.384. The summed E-state index contributed by atoms with van der Waals surface area (Å²) >= 11 is 0. The molecule has 0 saturated heterocycles. The van der Waals surface area contributed by atoms with E-state index < -0.39 is 10.8 Å². The predicted octanol–water partition coefficient (Wildman–Crippen LogP) is 3.18. The molecule has 24 heavy (non-hydrogen) atoms. The minimum Gasteiger partial charge on any atom is -0.491 e. The summed E-state index contributed by atoms with van der Waals surface area (Å²) in [6.07, 6.45) is 0. The zero-order valence-electron chi connectivity index (χ0n) is 13.4. The Morgan fingerprint density at radius 1 is 1.17 bits per heavy atom. The van der Waals surface area contributed by atoms with Gasteiger partial charge in [0.1, 0.15) is 18.0 Å². The number of nitrogens with zero attached hydrogens (tertiary/aromatic N) is 1. The van der Waals surface area contributed by atoms with Crippen LogP contribution in [0.3, 0.4) is 0 Å². The summed E-state index contributed by atoms with van der Waals surface area (Å²) in [6, 6.07) is 11.2. The first kappa shape index (κ1) is 17.4. The first-order valence-electron chi connectivity index (χ1n) is 7.29. The molecule has 7 heteroatoms. The molecule has 0 heterocycles. The number of hydrogen-bond donors (Lipinski definition) is 1. The minimum absolute atomic E-state index is 0.136. The zero-order valence-corrected chi connectivity index (χ0v) is 13.4. The Kier molecular flexibility index (Phi) is 5.86. The molecule has 0 spiro atoms. The van der Waals surface area contributed by atoms with Gasteiger partial charge in [-0.15, -0.1) is 0 Å². The highest BCUT2D eigenvalue weighted by atomic mass is 16.6. The second-order valence-corrected chi connectivity index (χ2v) is 5.10. The fraction of sp³-hybridized carbons (Fsp3) is 0.235. The van der Waals surface area contributed by atoms with Crippen LogP contribution < -0.4 is 10.1 Å². The van der Waals surface area contributed by atoms with Gasteiger partial charge in [0, 0.05) is 18.7 Å². The third-order valence-electron chi connectivity index (χ3n) is 3.27. The number of benzene rings is 2. The number of rotatable bonds is 7. The van der Waals surface area contributed by atoms with E-state index in [1.807, 2.05) is 0 Å². The molecule has 0 aliphatic rings. The Hall–Kier alpha value is -2.93. The molecule has 0 unspecified atom stereocenters. The maximum Gasteiger partial charge on any atom is 0.293 e. The molecule has 0 fully saturated rings. The average Bonchev–Trinajstić information content (AvgIpc) is 2.57. The van der Waals surface area contributed by atoms with E-state index in [1.54, 1.807) is 44.4 Å². The van der Waals surface area contributed by atoms with Crippen LogP contribution in [0.5, 0.6) is 5.75 Å². The van der Waals surface area contributed by atoms with Gasteiger partial charge in [-0.3, -0.25) is 14.9 Å². The number of carbonyl (C=O) groups is 1. The molecular weight excluding hydrogens is 312 g/mol. The summed E-state index contributed by atoms with van der Waals surface area (Å²) in [6.45, 7) is 2.64. The van der Waals surface area contributed by atoms with Gasteiger partial charge in [0.05, 0.1) is 11.5 Å². The Morgan fingerprint density at radius 2 is 1.88 bits per heavy atom. The van der Waals surface area contributed by atoms with Crippen LogP contribution in [0.25, 0.3) is 0 Å². The van der Waals surface area contributed by atoms with Gasteiger partial charge in [-0.2, -0.15) is 0 Å². The normalized spacial score (nSPS) is 10.2. The van der Waals surface area contributed by atoms with Crippen LogP contribution in [0, 0.1) is 17.0 Å². The van der Waals surface area contributed by atoms with Crippen molar-refractivity contribution in [2.75, 3.05) is 25.6 Å². The topological polar surface area (TPSA) is 90.7 Å². The average molecular weight is 330 g/mol. The second-order valence-electron chi connectivity index (χ2n) is 5.10. The minimum atomic E-state index is -0.518. The predicted molar refractivity (Wildman–Crippen MR) is 89.6 cm³/mol. The van der Waals surface area contributed by atoms with Gasteiger partial charge in [0.15, 0.2) is 0 Å². The van der Waals surface area contributed by atoms with Crippen molar-refractivity contribution < 1.29 is 19.2 Å². The molecule has 0 saturated carbocycles. The molecule has 0 radical (unpaired) electrons. The van der Waals surface area contributed by atoms with E-state index in [0.717, 1.165) is 5.56 Å². The summed E-state index contributed by atoms with van der Waals surface area (Å²) < 4.78 is 10.3. The van der Waals surface area contributed by atoms with Crippen molar-refractivity contribution >= 4 is 17.3 Å². The van der Waals surface area contributed by atoms with Crippen molar-refractivity contribution in [3.63, 3.8) is 0 Å². The Bertz CT molecular complexity index is 728. The van der Waals surface area contributed by atoms with Gasteiger partial charge in [0.2, 0.25) is 0 Å². The SMILES string of the molecule is COCCOc1ccc(C(=O)Nc2ccc(C)cc2[N+](=O)[O-])cc1. The molecule has 0 atom stereocenters. The molecule has 2 rings (SSSR count). The molecule has 0 aromatic heterocycles. The fourth-order valence-electron chi connectivity index (χ4n) is 2.04. The van der Waals surface area contributed by atoms with Crippen molar-refractivity contribution in [1.82, 2.24) is 0 Å². The summed E-state index contributed by atoms with van der Waals surface area (Å²) in [5.74, 6) is 0.190. The molecule has 2 aromatic rings. The van der Waals surface area contributed by atoms with Gasteiger partial charge in [0.25, 0.3) is 11.6 Å². The lowest BCUT2D eigenvalue weighted by Crippen LogP contribution is -2.13. The highest BCUT2D eigenvalue weighted by Gasteiger charge is 2.16. The quantitative estimate of drug-likeness (QED) is 0.478. The Labute approximate surface area is 139 Å². The molecule has 1 amide bonds. The number of nitro groups is 1. The van der Waals surface area contributed by atoms with Crippen LogP contribution in [0.15, 0.2) is 42.5 Å².